The molecule has 0 bridgehead atoms. The minimum Gasteiger partial charge on any atom is -0.412 e. The number of aliphatic hydroxyl groups excluding tert-OH is 2. The molecule has 0 aliphatic heterocycles. The molecule has 0 aliphatic rings. The van der Waals surface area contributed by atoms with Crippen LogP contribution in [-0.4, -0.2) is 41.5 Å². The molecule has 0 aromatic rings. The number of hydrogen-bond donors (Lipinski definition) is 2. The topological polar surface area (TPSA) is 106 Å². The number of allylic oxidation sites excluding steroid dienone is 2. The molecular weight excluding hydrogens is 224 g/mol. The third-order valence-corrected chi connectivity index (χ3v) is 0.783. The van der Waals surface area contributed by atoms with E-state index >= 15 is 0 Å². The molecule has 0 atom stereocenters. The molecule has 0 radical (unpaired) electrons. The van der Waals surface area contributed by atoms with E-state index in [1.165, 1.54) is 13.0 Å². The minimum absolute atomic E-state index is 0. The van der Waals surface area contributed by atoms with Gasteiger partial charge in [0.15, 0.2) is 0 Å². The summed E-state index contributed by atoms with van der Waals surface area (Å²) in [5.74, 6) is 0. The van der Waals surface area contributed by atoms with E-state index < -0.39 is 0 Å². The van der Waals surface area contributed by atoms with Crippen molar-refractivity contribution in [1.29, 1.82) is 0 Å². The van der Waals surface area contributed by atoms with Gasteiger partial charge in [-0.2, -0.15) is 0 Å². The van der Waals surface area contributed by atoms with Gasteiger partial charge >= 0.3 is 0 Å². The molecule has 0 aliphatic carbocycles. The van der Waals surface area contributed by atoms with Crippen LogP contribution >= 0.6 is 0 Å². The van der Waals surface area contributed by atoms with Gasteiger partial charge in [-0.25, -0.2) is 0 Å². The van der Waals surface area contributed by atoms with E-state index in [4.69, 9.17) is 15.0 Å². The van der Waals surface area contributed by atoms with Gasteiger partial charge in [-0.05, 0) is 33.3 Å². The van der Waals surface area contributed by atoms with Gasteiger partial charge < -0.3 is 20.5 Å². The molecule has 0 aromatic carbocycles. The number of aldehydes is 2. The Bertz CT molecular complexity index is 128. The van der Waals surface area contributed by atoms with E-state index in [9.17, 15) is 4.79 Å². The second kappa shape index (κ2) is 60.2. The monoisotopic (exact) mass is 255 g/mol. The molecule has 5 nitrogen and oxygen atoms in total. The van der Waals surface area contributed by atoms with Crippen molar-refractivity contribution in [1.82, 2.24) is 0 Å². The highest BCUT2D eigenvalue weighted by Gasteiger charge is 1.69. The highest BCUT2D eigenvalue weighted by atomic mass is 16.3. The van der Waals surface area contributed by atoms with Crippen molar-refractivity contribution in [3.8, 4) is 0 Å². The molecule has 0 saturated heterocycles. The fourth-order valence-corrected chi connectivity index (χ4v) is 0.237. The lowest BCUT2D eigenvalue weighted by molar-refractivity contribution is -0.106. The molecule has 17 heavy (non-hydrogen) atoms. The lowest BCUT2D eigenvalue weighted by atomic mass is 10.4. The summed E-state index contributed by atoms with van der Waals surface area (Å²) in [5, 5.41) is 15.6. The van der Waals surface area contributed by atoms with Gasteiger partial charge in [0.1, 0.15) is 12.6 Å². The number of unbranched alkanes of at least 4 members (excludes halogenated alkanes) is 1. The molecule has 108 valence electrons. The van der Waals surface area contributed by atoms with Gasteiger partial charge in [0, 0.05) is 14.6 Å². The van der Waals surface area contributed by atoms with Crippen molar-refractivity contribution in [2.45, 2.75) is 40.5 Å². The number of carbonyl (C=O) groups excluding carboxylic acids is 2. The van der Waals surface area contributed by atoms with Gasteiger partial charge in [-0.15, -0.1) is 0 Å². The van der Waals surface area contributed by atoms with E-state index in [1.54, 1.807) is 19.9 Å². The van der Waals surface area contributed by atoms with Crippen LogP contribution in [0.3, 0.4) is 0 Å². The zero-order valence-electron chi connectivity index (χ0n) is 11.3. The van der Waals surface area contributed by atoms with Crippen molar-refractivity contribution in [2.24, 2.45) is 0 Å². The second-order valence-electron chi connectivity index (χ2n) is 2.29. The van der Waals surface area contributed by atoms with E-state index in [0.29, 0.717) is 6.61 Å². The summed E-state index contributed by atoms with van der Waals surface area (Å²) < 4.78 is 0. The van der Waals surface area contributed by atoms with Crippen molar-refractivity contribution in [3.63, 3.8) is 0 Å². The largest absolute Gasteiger partial charge is 0.412 e. The Morgan fingerprint density at radius 1 is 1.12 bits per heavy atom. The first-order chi connectivity index (χ1) is 7.66. The van der Waals surface area contributed by atoms with Crippen LogP contribution < -0.4 is 0 Å². The Kier molecular flexibility index (Phi) is 105. The number of aliphatic hydroxyl groups is 2. The van der Waals surface area contributed by atoms with Gasteiger partial charge in [0.25, 0.3) is 0 Å². The lowest BCUT2D eigenvalue weighted by Crippen LogP contribution is -1.75. The lowest BCUT2D eigenvalue weighted by Gasteiger charge is -1.79. The third kappa shape index (κ3) is 287. The molecule has 0 heterocycles. The fraction of sp³-hybridized carbons (Fsp3) is 0.667. The smallest absolute Gasteiger partial charge is 0.142 e. The first-order valence-electron chi connectivity index (χ1n) is 5.34. The summed E-state index contributed by atoms with van der Waals surface area (Å²) >= 11 is 0. The molecule has 0 unspecified atom stereocenters. The maximum atomic E-state index is 9.32. The number of hydrogen-bond acceptors (Lipinski definition) is 4. The second-order valence-corrected chi connectivity index (χ2v) is 2.29. The molecule has 0 fully saturated rings. The molecule has 4 N–H and O–H groups in total. The molecule has 0 aromatic heterocycles. The third-order valence-electron chi connectivity index (χ3n) is 0.783. The predicted octanol–water partition coefficient (Wildman–Crippen LogP) is 1.17. The van der Waals surface area contributed by atoms with Crippen LogP contribution in [0.15, 0.2) is 12.2 Å². The molecular formula is C12H30O5. The van der Waals surface area contributed by atoms with E-state index in [0.717, 1.165) is 25.4 Å². The van der Waals surface area contributed by atoms with Crippen LogP contribution in [0.1, 0.15) is 42.0 Å². The van der Waals surface area contributed by atoms with Crippen LogP contribution in [0.2, 0.25) is 0 Å². The normalized spacial score (nSPS) is 6.94. The molecule has 5 heteroatoms. The van der Waals surface area contributed by atoms with Gasteiger partial charge in [-0.3, -0.25) is 4.79 Å². The molecule has 0 rings (SSSR count). The summed E-state index contributed by atoms with van der Waals surface area (Å²) in [4.78, 5) is 18.1. The highest BCUT2D eigenvalue weighted by Crippen LogP contribution is 1.78. The highest BCUT2D eigenvalue weighted by molar-refractivity contribution is 5.64. The summed E-state index contributed by atoms with van der Waals surface area (Å²) in [5.41, 5.74) is 0. The zero-order chi connectivity index (χ0) is 13.7. The van der Waals surface area contributed by atoms with E-state index in [1.807, 2.05) is 0 Å². The van der Waals surface area contributed by atoms with Crippen LogP contribution in [0.4, 0.5) is 0 Å². The molecule has 0 saturated carbocycles. The predicted molar refractivity (Wildman–Crippen MR) is 73.1 cm³/mol. The Labute approximate surface area is 106 Å². The Morgan fingerprint density at radius 3 is 1.47 bits per heavy atom. The summed E-state index contributed by atoms with van der Waals surface area (Å²) in [6.45, 7) is 7.57. The number of carbonyl (C=O) groups is 2. The molecule has 0 amide bonds. The van der Waals surface area contributed by atoms with Gasteiger partial charge in [-0.1, -0.05) is 19.4 Å². The fourth-order valence-electron chi connectivity index (χ4n) is 0.237. The Hall–Kier alpha value is -1.04. The first kappa shape index (κ1) is 29.7. The van der Waals surface area contributed by atoms with Gasteiger partial charge in [0.05, 0.1) is 0 Å². The van der Waals surface area contributed by atoms with Gasteiger partial charge in [0.2, 0.25) is 0 Å². The van der Waals surface area contributed by atoms with E-state index in [-0.39, 0.29) is 13.5 Å². The van der Waals surface area contributed by atoms with Crippen molar-refractivity contribution < 1.29 is 26.7 Å². The summed E-state index contributed by atoms with van der Waals surface area (Å²) in [7, 11) is 0. The van der Waals surface area contributed by atoms with Crippen molar-refractivity contribution >= 4 is 12.6 Å². The standard InChI is InChI=1S/C4H10O.C4H6O.C2H6O.C2H4O.H2O.H2/c2*1-2-3-4-5;2*1-2-3;;/h5H,2-4H2,1H3;2-4H,1H3;3H,2H2,1H3;2H,1H3;1H2;1H/b;3-2+;;;;/i;;;;;1+1. The van der Waals surface area contributed by atoms with Crippen LogP contribution in [0.5, 0.6) is 0 Å². The summed E-state index contributed by atoms with van der Waals surface area (Å²) in [6, 6.07) is 0. The molecule has 0 spiro atoms. The quantitative estimate of drug-likeness (QED) is 0.583. The Morgan fingerprint density at radius 2 is 1.47 bits per heavy atom. The maximum Gasteiger partial charge on any atom is 0.142 e. The van der Waals surface area contributed by atoms with E-state index in [2.05, 4.69) is 6.92 Å². The maximum absolute atomic E-state index is 9.32. The number of rotatable bonds is 3. The van der Waals surface area contributed by atoms with Crippen LogP contribution in [0, 0.1) is 0 Å². The van der Waals surface area contributed by atoms with Crippen molar-refractivity contribution in [2.75, 3.05) is 13.2 Å². The average Bonchev–Trinajstić information content (AvgIpc) is 2.23. The van der Waals surface area contributed by atoms with Crippen molar-refractivity contribution in [3.05, 3.63) is 12.2 Å². The zero-order valence-corrected chi connectivity index (χ0v) is 11.3. The SMILES string of the molecule is C/C=C/C=O.CC=O.CCCCO.CCO.O.[2HH]. The minimum atomic E-state index is 0. The average molecular weight is 255 g/mol. The summed E-state index contributed by atoms with van der Waals surface area (Å²) in [6.07, 6.45) is 6.67. The van der Waals surface area contributed by atoms with Crippen LogP contribution in [-0.2, 0) is 9.59 Å². The Balaban J connectivity index is -0.0000000265. The van der Waals surface area contributed by atoms with Crippen LogP contribution in [0.25, 0.3) is 0 Å². The first-order valence-corrected chi connectivity index (χ1v) is 5.34.